The molecule has 4 rings (SSSR count). The first-order chi connectivity index (χ1) is 13.7. The third-order valence-corrected chi connectivity index (χ3v) is 6.12. The highest BCUT2D eigenvalue weighted by Gasteiger charge is 2.38. The molecule has 0 bridgehead atoms. The van der Waals surface area contributed by atoms with Crippen molar-refractivity contribution in [2.75, 3.05) is 0 Å². The van der Waals surface area contributed by atoms with Gasteiger partial charge in [-0.15, -0.1) is 0 Å². The van der Waals surface area contributed by atoms with Crippen molar-refractivity contribution in [2.24, 2.45) is 29.4 Å². The first-order valence-corrected chi connectivity index (χ1v) is 9.91. The smallest absolute Gasteiger partial charge is 0.143 e. The molecule has 1 saturated carbocycles. The minimum Gasteiger partial charge on any atom is -0.414 e. The van der Waals surface area contributed by atoms with Gasteiger partial charge in [0.25, 0.3) is 0 Å². The number of rotatable bonds is 4. The Morgan fingerprint density at radius 3 is 2.71 bits per heavy atom. The second kappa shape index (κ2) is 8.15. The molecule has 28 heavy (non-hydrogen) atoms. The van der Waals surface area contributed by atoms with Crippen LogP contribution in [0.2, 0.25) is 0 Å². The number of allylic oxidation sites excluding steroid dienone is 2. The van der Waals surface area contributed by atoms with E-state index in [2.05, 4.69) is 11.1 Å². The van der Waals surface area contributed by atoms with Crippen molar-refractivity contribution in [3.8, 4) is 11.1 Å². The first-order valence-electron chi connectivity index (χ1n) is 9.91. The van der Waals surface area contributed by atoms with Gasteiger partial charge in [-0.25, -0.2) is 4.39 Å². The van der Waals surface area contributed by atoms with Crippen LogP contribution in [-0.4, -0.2) is 4.98 Å². The molecule has 5 heteroatoms. The fourth-order valence-corrected chi connectivity index (χ4v) is 4.64. The van der Waals surface area contributed by atoms with E-state index >= 15 is 0 Å². The summed E-state index contributed by atoms with van der Waals surface area (Å²) in [7, 11) is 0. The molecule has 4 N–H and O–H groups in total. The molecule has 1 aromatic carbocycles. The van der Waals surface area contributed by atoms with Gasteiger partial charge in [0, 0.05) is 24.1 Å². The maximum absolute atomic E-state index is 13.4. The molecule has 146 valence electrons. The summed E-state index contributed by atoms with van der Waals surface area (Å²) < 4.78 is 13.4. The van der Waals surface area contributed by atoms with E-state index < -0.39 is 0 Å². The highest BCUT2D eigenvalue weighted by Crippen LogP contribution is 2.45. The van der Waals surface area contributed by atoms with E-state index in [9.17, 15) is 4.39 Å². The van der Waals surface area contributed by atoms with Gasteiger partial charge in [-0.05, 0) is 54.5 Å². The van der Waals surface area contributed by atoms with E-state index in [4.69, 9.17) is 16.5 Å². The second-order valence-electron chi connectivity index (χ2n) is 7.78. The first kappa shape index (κ1) is 18.7. The Labute approximate surface area is 165 Å². The molecule has 2 aliphatic rings. The minimum atomic E-state index is -0.249. The van der Waals surface area contributed by atoms with Crippen molar-refractivity contribution >= 4 is 6.08 Å². The summed E-state index contributed by atoms with van der Waals surface area (Å²) in [6.07, 6.45) is 11.7. The second-order valence-corrected chi connectivity index (χ2v) is 7.78. The van der Waals surface area contributed by atoms with Crippen molar-refractivity contribution in [1.82, 2.24) is 4.98 Å². The average molecular weight is 379 g/mol. The van der Waals surface area contributed by atoms with Crippen molar-refractivity contribution in [2.45, 2.75) is 32.1 Å². The van der Waals surface area contributed by atoms with Gasteiger partial charge in [-0.1, -0.05) is 37.1 Å². The number of nitrogens with zero attached hydrogens (tertiary/aromatic N) is 1. The topological polar surface area (TPSA) is 74.2 Å². The van der Waals surface area contributed by atoms with E-state index in [-0.39, 0.29) is 11.7 Å². The minimum absolute atomic E-state index is 0.127. The number of halogens is 1. The van der Waals surface area contributed by atoms with Crippen LogP contribution in [0.3, 0.4) is 0 Å². The fraction of sp³-hybridized carbons (Fsp3) is 0.348. The number of benzene rings is 1. The SMILES string of the molecule is NOC1=C(N)C(/C=C/c2ccc(-c3cccc(F)c3)cn2)C2CCCCC2C1. The van der Waals surface area contributed by atoms with E-state index in [1.165, 1.54) is 37.8 Å². The van der Waals surface area contributed by atoms with Gasteiger partial charge in [0.15, 0.2) is 0 Å². The maximum Gasteiger partial charge on any atom is 0.143 e. The predicted molar refractivity (Wildman–Crippen MR) is 109 cm³/mol. The number of fused-ring (bicyclic) bond motifs is 1. The van der Waals surface area contributed by atoms with Gasteiger partial charge in [-0.3, -0.25) is 4.98 Å². The Morgan fingerprint density at radius 1 is 1.11 bits per heavy atom. The molecule has 3 unspecified atom stereocenters. The lowest BCUT2D eigenvalue weighted by atomic mass is 9.66. The molecule has 0 spiro atoms. The lowest BCUT2D eigenvalue weighted by Crippen LogP contribution is -2.35. The molecular weight excluding hydrogens is 353 g/mol. The summed E-state index contributed by atoms with van der Waals surface area (Å²) in [5.74, 6) is 7.19. The van der Waals surface area contributed by atoms with Crippen LogP contribution in [0, 0.1) is 23.6 Å². The van der Waals surface area contributed by atoms with Crippen LogP contribution < -0.4 is 11.6 Å². The van der Waals surface area contributed by atoms with E-state index in [1.807, 2.05) is 24.3 Å². The monoisotopic (exact) mass is 379 g/mol. The standard InChI is InChI=1S/C23H26FN3O/c24-18-6-3-5-15(12-18)17-8-9-19(27-14-17)10-11-21-20-7-2-1-4-16(20)13-22(28-26)23(21)25/h3,5-6,8-12,14,16,20-21H,1-2,4,7,13,25-26H2/b11-10+. The van der Waals surface area contributed by atoms with E-state index in [0.717, 1.165) is 34.7 Å². The maximum atomic E-state index is 13.4. The molecular formula is C23H26FN3O. The molecule has 0 amide bonds. The number of hydrogen-bond acceptors (Lipinski definition) is 4. The molecule has 0 aliphatic heterocycles. The van der Waals surface area contributed by atoms with Crippen molar-refractivity contribution in [3.63, 3.8) is 0 Å². The third kappa shape index (κ3) is 3.80. The van der Waals surface area contributed by atoms with Crippen LogP contribution >= 0.6 is 0 Å². The molecule has 3 atom stereocenters. The molecule has 1 heterocycles. The summed E-state index contributed by atoms with van der Waals surface area (Å²) in [4.78, 5) is 9.60. The number of hydrogen-bond donors (Lipinski definition) is 2. The van der Waals surface area contributed by atoms with Gasteiger partial charge in [0.2, 0.25) is 0 Å². The summed E-state index contributed by atoms with van der Waals surface area (Å²) in [6.45, 7) is 0. The highest BCUT2D eigenvalue weighted by molar-refractivity contribution is 5.63. The zero-order valence-electron chi connectivity index (χ0n) is 15.9. The quantitative estimate of drug-likeness (QED) is 0.749. The summed E-state index contributed by atoms with van der Waals surface area (Å²) >= 11 is 0. The summed E-state index contributed by atoms with van der Waals surface area (Å²) in [5, 5.41) is 0. The van der Waals surface area contributed by atoms with Crippen molar-refractivity contribution in [1.29, 1.82) is 0 Å². The Hall–Kier alpha value is -2.66. The van der Waals surface area contributed by atoms with Crippen LogP contribution in [0.15, 0.2) is 60.1 Å². The molecule has 0 saturated heterocycles. The fourth-order valence-electron chi connectivity index (χ4n) is 4.64. The number of aromatic nitrogens is 1. The molecule has 0 radical (unpaired) electrons. The van der Waals surface area contributed by atoms with Gasteiger partial charge in [0.05, 0.1) is 11.4 Å². The van der Waals surface area contributed by atoms with Gasteiger partial charge < -0.3 is 10.6 Å². The Morgan fingerprint density at radius 2 is 1.96 bits per heavy atom. The summed E-state index contributed by atoms with van der Waals surface area (Å²) in [6, 6.07) is 10.4. The predicted octanol–water partition coefficient (Wildman–Crippen LogP) is 4.79. The van der Waals surface area contributed by atoms with Gasteiger partial charge in [-0.2, -0.15) is 5.90 Å². The summed E-state index contributed by atoms with van der Waals surface area (Å²) in [5.41, 5.74) is 9.69. The highest BCUT2D eigenvalue weighted by atomic mass is 19.1. The van der Waals surface area contributed by atoms with Gasteiger partial charge in [0.1, 0.15) is 11.6 Å². The van der Waals surface area contributed by atoms with E-state index in [1.54, 1.807) is 12.3 Å². The van der Waals surface area contributed by atoms with Gasteiger partial charge >= 0.3 is 0 Å². The molecule has 1 fully saturated rings. The number of nitrogens with two attached hydrogens (primary N) is 2. The molecule has 1 aromatic heterocycles. The largest absolute Gasteiger partial charge is 0.414 e. The lowest BCUT2D eigenvalue weighted by Gasteiger charge is -2.40. The zero-order chi connectivity index (χ0) is 19.5. The Balaban J connectivity index is 1.55. The van der Waals surface area contributed by atoms with Crippen LogP contribution in [-0.2, 0) is 4.84 Å². The van der Waals surface area contributed by atoms with Crippen LogP contribution in [0.5, 0.6) is 0 Å². The molecule has 2 aromatic rings. The number of pyridine rings is 1. The molecule has 4 nitrogen and oxygen atoms in total. The lowest BCUT2D eigenvalue weighted by molar-refractivity contribution is 0.119. The molecule has 2 aliphatic carbocycles. The van der Waals surface area contributed by atoms with Crippen molar-refractivity contribution < 1.29 is 9.23 Å². The Bertz CT molecular complexity index is 891. The van der Waals surface area contributed by atoms with Crippen molar-refractivity contribution in [3.05, 3.63) is 71.6 Å². The zero-order valence-corrected chi connectivity index (χ0v) is 15.9. The van der Waals surface area contributed by atoms with Crippen LogP contribution in [0.4, 0.5) is 4.39 Å². The van der Waals surface area contributed by atoms with E-state index in [0.29, 0.717) is 11.8 Å². The average Bonchev–Trinajstić information content (AvgIpc) is 2.73. The van der Waals surface area contributed by atoms with Crippen LogP contribution in [0.25, 0.3) is 17.2 Å². The third-order valence-electron chi connectivity index (χ3n) is 6.12. The Kier molecular flexibility index (Phi) is 5.44. The normalized spacial score (nSPS) is 25.0. The van der Waals surface area contributed by atoms with Crippen LogP contribution in [0.1, 0.15) is 37.8 Å².